The van der Waals surface area contributed by atoms with E-state index in [-0.39, 0.29) is 5.91 Å². The van der Waals surface area contributed by atoms with E-state index in [0.29, 0.717) is 5.56 Å². The summed E-state index contributed by atoms with van der Waals surface area (Å²) in [5.41, 5.74) is 3.61. The molecule has 0 radical (unpaired) electrons. The zero-order chi connectivity index (χ0) is 17.5. The molecule has 24 heavy (non-hydrogen) atoms. The molecule has 128 valence electrons. The van der Waals surface area contributed by atoms with E-state index in [2.05, 4.69) is 34.6 Å². The summed E-state index contributed by atoms with van der Waals surface area (Å²) in [5, 5.41) is 6.24. The minimum absolute atomic E-state index is 0.123. The molecule has 0 spiro atoms. The van der Waals surface area contributed by atoms with Gasteiger partial charge in [-0.3, -0.25) is 4.79 Å². The fourth-order valence-electron chi connectivity index (χ4n) is 2.35. The first kappa shape index (κ1) is 17.9. The Labute approximate surface area is 144 Å². The highest BCUT2D eigenvalue weighted by Crippen LogP contribution is 2.18. The van der Waals surface area contributed by atoms with E-state index < -0.39 is 0 Å². The highest BCUT2D eigenvalue weighted by molar-refractivity contribution is 6.05. The Balaban J connectivity index is 1.99. The lowest BCUT2D eigenvalue weighted by atomic mass is 10.1. The van der Waals surface area contributed by atoms with E-state index in [1.807, 2.05) is 32.0 Å². The maximum atomic E-state index is 12.5. The van der Waals surface area contributed by atoms with Crippen molar-refractivity contribution in [2.24, 2.45) is 0 Å². The molecule has 1 aromatic carbocycles. The number of benzene rings is 1. The number of carbonyl (C=O) groups is 1. The number of aryl methyl sites for hydroxylation is 2. The van der Waals surface area contributed by atoms with Gasteiger partial charge < -0.3 is 15.5 Å². The first-order valence-corrected chi connectivity index (χ1v) is 8.19. The summed E-state index contributed by atoms with van der Waals surface area (Å²) in [5.74, 6) is 0.602. The third-order valence-corrected chi connectivity index (χ3v) is 3.75. The predicted octanol–water partition coefficient (Wildman–Crippen LogP) is 3.31. The zero-order valence-electron chi connectivity index (χ0n) is 14.9. The zero-order valence-corrected chi connectivity index (χ0v) is 14.9. The minimum atomic E-state index is -0.123. The lowest BCUT2D eigenvalue weighted by Gasteiger charge is -2.12. The molecule has 0 saturated heterocycles. The van der Waals surface area contributed by atoms with Crippen LogP contribution >= 0.6 is 0 Å². The van der Waals surface area contributed by atoms with Crippen molar-refractivity contribution in [3.8, 4) is 0 Å². The Kier molecular flexibility index (Phi) is 6.32. The maximum absolute atomic E-state index is 12.5. The molecule has 5 heteroatoms. The number of pyridine rings is 1. The summed E-state index contributed by atoms with van der Waals surface area (Å²) in [6.07, 6.45) is 2.68. The summed E-state index contributed by atoms with van der Waals surface area (Å²) >= 11 is 0. The van der Waals surface area contributed by atoms with Crippen LogP contribution in [-0.4, -0.2) is 43.0 Å². The highest BCUT2D eigenvalue weighted by Gasteiger charge is 2.09. The Morgan fingerprint density at radius 2 is 1.96 bits per heavy atom. The number of carbonyl (C=O) groups excluding carboxylic acids is 1. The summed E-state index contributed by atoms with van der Waals surface area (Å²) < 4.78 is 0. The Hall–Kier alpha value is -2.40. The van der Waals surface area contributed by atoms with Crippen LogP contribution in [0.5, 0.6) is 0 Å². The number of hydrogen-bond acceptors (Lipinski definition) is 4. The van der Waals surface area contributed by atoms with Gasteiger partial charge in [-0.2, -0.15) is 0 Å². The standard InChI is InChI=1S/C19H26N4O/c1-14-6-7-15(2)17(12-14)22-19(24)16-8-10-21-18(13-16)20-9-5-11-23(3)4/h6-8,10,12-13H,5,9,11H2,1-4H3,(H,20,21)(H,22,24). The molecule has 2 aromatic rings. The SMILES string of the molecule is Cc1ccc(C)c(NC(=O)c2ccnc(NCCCN(C)C)c2)c1. The van der Waals surface area contributed by atoms with Crippen molar-refractivity contribution in [1.29, 1.82) is 0 Å². The molecule has 0 aliphatic heterocycles. The third kappa shape index (κ3) is 5.35. The van der Waals surface area contributed by atoms with Crippen LogP contribution in [0.2, 0.25) is 0 Å². The van der Waals surface area contributed by atoms with Gasteiger partial charge in [0, 0.05) is 24.0 Å². The molecule has 2 N–H and O–H groups in total. The fourth-order valence-corrected chi connectivity index (χ4v) is 2.35. The van der Waals surface area contributed by atoms with Gasteiger partial charge >= 0.3 is 0 Å². The summed E-state index contributed by atoms with van der Waals surface area (Å²) in [6.45, 7) is 5.84. The molecular weight excluding hydrogens is 300 g/mol. The van der Waals surface area contributed by atoms with Gasteiger partial charge in [0.25, 0.3) is 5.91 Å². The number of nitrogens with one attached hydrogen (secondary N) is 2. The van der Waals surface area contributed by atoms with Crippen molar-refractivity contribution in [3.05, 3.63) is 53.2 Å². The normalized spacial score (nSPS) is 10.7. The van der Waals surface area contributed by atoms with Gasteiger partial charge in [-0.05, 0) is 70.2 Å². The molecule has 0 unspecified atom stereocenters. The molecule has 5 nitrogen and oxygen atoms in total. The molecule has 0 bridgehead atoms. The van der Waals surface area contributed by atoms with Gasteiger partial charge in [0.15, 0.2) is 0 Å². The van der Waals surface area contributed by atoms with E-state index in [0.717, 1.165) is 42.1 Å². The quantitative estimate of drug-likeness (QED) is 0.767. The number of rotatable bonds is 7. The first-order chi connectivity index (χ1) is 11.5. The van der Waals surface area contributed by atoms with Crippen LogP contribution in [-0.2, 0) is 0 Å². The van der Waals surface area contributed by atoms with Gasteiger partial charge in [0.05, 0.1) is 0 Å². The van der Waals surface area contributed by atoms with E-state index in [4.69, 9.17) is 0 Å². The van der Waals surface area contributed by atoms with Crippen molar-refractivity contribution in [2.75, 3.05) is 37.8 Å². The van der Waals surface area contributed by atoms with Crippen LogP contribution in [0.3, 0.4) is 0 Å². The number of hydrogen-bond donors (Lipinski definition) is 2. The first-order valence-electron chi connectivity index (χ1n) is 8.19. The van der Waals surface area contributed by atoms with Crippen LogP contribution in [0, 0.1) is 13.8 Å². The molecule has 2 rings (SSSR count). The third-order valence-electron chi connectivity index (χ3n) is 3.75. The average Bonchev–Trinajstić information content (AvgIpc) is 2.55. The summed E-state index contributed by atoms with van der Waals surface area (Å²) in [6, 6.07) is 9.54. The van der Waals surface area contributed by atoms with Crippen LogP contribution in [0.15, 0.2) is 36.5 Å². The second-order valence-corrected chi connectivity index (χ2v) is 6.29. The summed E-state index contributed by atoms with van der Waals surface area (Å²) in [4.78, 5) is 18.9. The molecule has 1 aromatic heterocycles. The van der Waals surface area contributed by atoms with E-state index in [1.54, 1.807) is 18.3 Å². The van der Waals surface area contributed by atoms with Gasteiger partial charge in [-0.1, -0.05) is 12.1 Å². The van der Waals surface area contributed by atoms with Gasteiger partial charge in [0.2, 0.25) is 0 Å². The van der Waals surface area contributed by atoms with Crippen molar-refractivity contribution < 1.29 is 4.79 Å². The molecule has 1 amide bonds. The monoisotopic (exact) mass is 326 g/mol. The lowest BCUT2D eigenvalue weighted by molar-refractivity contribution is 0.102. The molecular formula is C19H26N4O. The Bertz CT molecular complexity index is 698. The lowest BCUT2D eigenvalue weighted by Crippen LogP contribution is -2.17. The molecule has 0 aliphatic rings. The van der Waals surface area contributed by atoms with Gasteiger partial charge in [-0.25, -0.2) is 4.98 Å². The van der Waals surface area contributed by atoms with Crippen molar-refractivity contribution >= 4 is 17.4 Å². The smallest absolute Gasteiger partial charge is 0.255 e. The second kappa shape index (κ2) is 8.45. The van der Waals surface area contributed by atoms with Crippen molar-refractivity contribution in [1.82, 2.24) is 9.88 Å². The van der Waals surface area contributed by atoms with E-state index in [1.165, 1.54) is 0 Å². The molecule has 0 aliphatic carbocycles. The minimum Gasteiger partial charge on any atom is -0.370 e. The average molecular weight is 326 g/mol. The van der Waals surface area contributed by atoms with Crippen molar-refractivity contribution in [3.63, 3.8) is 0 Å². The van der Waals surface area contributed by atoms with Crippen LogP contribution in [0.4, 0.5) is 11.5 Å². The fraction of sp³-hybridized carbons (Fsp3) is 0.368. The maximum Gasteiger partial charge on any atom is 0.255 e. The van der Waals surface area contributed by atoms with E-state index in [9.17, 15) is 4.79 Å². The van der Waals surface area contributed by atoms with Crippen LogP contribution < -0.4 is 10.6 Å². The molecule has 0 saturated carbocycles. The number of aromatic nitrogens is 1. The Morgan fingerprint density at radius 1 is 1.17 bits per heavy atom. The number of anilines is 2. The Morgan fingerprint density at radius 3 is 2.71 bits per heavy atom. The molecule has 1 heterocycles. The number of amides is 1. The topological polar surface area (TPSA) is 57.3 Å². The summed E-state index contributed by atoms with van der Waals surface area (Å²) in [7, 11) is 4.10. The van der Waals surface area contributed by atoms with E-state index >= 15 is 0 Å². The van der Waals surface area contributed by atoms with Gasteiger partial charge in [-0.15, -0.1) is 0 Å². The highest BCUT2D eigenvalue weighted by atomic mass is 16.1. The largest absolute Gasteiger partial charge is 0.370 e. The van der Waals surface area contributed by atoms with Crippen LogP contribution in [0.25, 0.3) is 0 Å². The van der Waals surface area contributed by atoms with Gasteiger partial charge in [0.1, 0.15) is 5.82 Å². The number of nitrogens with zero attached hydrogens (tertiary/aromatic N) is 2. The van der Waals surface area contributed by atoms with Crippen LogP contribution in [0.1, 0.15) is 27.9 Å². The van der Waals surface area contributed by atoms with Crippen molar-refractivity contribution in [2.45, 2.75) is 20.3 Å². The second-order valence-electron chi connectivity index (χ2n) is 6.29. The molecule has 0 fully saturated rings. The molecule has 0 atom stereocenters. The predicted molar refractivity (Wildman–Crippen MR) is 99.8 cm³/mol.